The van der Waals surface area contributed by atoms with Crippen LogP contribution in [0.1, 0.15) is 45.4 Å². The first-order valence-electron chi connectivity index (χ1n) is 7.35. The highest BCUT2D eigenvalue weighted by molar-refractivity contribution is 5.89. The molecule has 0 rings (SSSR count). The van der Waals surface area contributed by atoms with E-state index in [2.05, 4.69) is 58.5 Å². The molecule has 0 aromatic carbocycles. The molecule has 1 N–H and O–H groups in total. The number of carbonyl (C=O) groups is 2. The number of carbonyl (C=O) groups excluding carboxylic acids is 1. The van der Waals surface area contributed by atoms with Crippen LogP contribution in [0.2, 0.25) is 0 Å². The van der Waals surface area contributed by atoms with E-state index in [1.165, 1.54) is 25.3 Å². The van der Waals surface area contributed by atoms with E-state index >= 15 is 0 Å². The van der Waals surface area contributed by atoms with Gasteiger partial charge in [-0.25, -0.2) is 4.79 Å². The Hall–Kier alpha value is -3.10. The molecule has 0 amide bonds. The molecule has 23 heavy (non-hydrogen) atoms. The van der Waals surface area contributed by atoms with E-state index < -0.39 is 5.97 Å². The van der Waals surface area contributed by atoms with Gasteiger partial charge in [-0.3, -0.25) is 4.79 Å². The van der Waals surface area contributed by atoms with E-state index in [0.29, 0.717) is 6.42 Å². The van der Waals surface area contributed by atoms with Gasteiger partial charge in [-0.15, -0.1) is 0 Å². The van der Waals surface area contributed by atoms with Gasteiger partial charge in [-0.05, 0) is 46.5 Å². The van der Waals surface area contributed by atoms with Crippen molar-refractivity contribution in [1.29, 1.82) is 0 Å². The lowest BCUT2D eigenvalue weighted by Gasteiger charge is -1.96. The molecule has 0 saturated heterocycles. The lowest BCUT2D eigenvalue weighted by molar-refractivity contribution is -0.131. The van der Waals surface area contributed by atoms with Crippen LogP contribution in [0, 0.1) is 0 Å². The van der Waals surface area contributed by atoms with Crippen molar-refractivity contribution in [3.63, 3.8) is 0 Å². The van der Waals surface area contributed by atoms with Crippen molar-refractivity contribution in [2.75, 3.05) is 0 Å². The molecule has 0 saturated carbocycles. The van der Waals surface area contributed by atoms with E-state index in [1.807, 2.05) is 0 Å². The SMILES string of the molecule is CCCCCCCC(=O)C=C=C=C=C=C=C=C=C=C=CC(=O)O. The first-order chi connectivity index (χ1) is 11.2. The second-order valence-corrected chi connectivity index (χ2v) is 4.42. The summed E-state index contributed by atoms with van der Waals surface area (Å²) in [7, 11) is 0. The number of carboxylic acid groups (broad SMARTS) is 1. The molecule has 0 unspecified atom stereocenters. The molecule has 0 atom stereocenters. The summed E-state index contributed by atoms with van der Waals surface area (Å²) in [4.78, 5) is 21.6. The molecule has 0 heterocycles. The average molecular weight is 306 g/mol. The quantitative estimate of drug-likeness (QED) is 0.419. The Bertz CT molecular complexity index is 757. The number of ketones is 1. The van der Waals surface area contributed by atoms with Crippen LogP contribution in [0.5, 0.6) is 0 Å². The zero-order chi connectivity index (χ0) is 17.2. The van der Waals surface area contributed by atoms with Crippen LogP contribution in [0.25, 0.3) is 0 Å². The van der Waals surface area contributed by atoms with Crippen molar-refractivity contribution in [3.8, 4) is 0 Å². The summed E-state index contributed by atoms with van der Waals surface area (Å²) in [6.07, 6.45) is 8.23. The first-order valence-corrected chi connectivity index (χ1v) is 7.35. The number of allylic oxidation sites excluding steroid dienone is 1. The molecule has 0 radical (unpaired) electrons. The minimum atomic E-state index is -1.12. The fourth-order valence-electron chi connectivity index (χ4n) is 1.42. The Morgan fingerprint density at radius 1 is 0.783 bits per heavy atom. The van der Waals surface area contributed by atoms with Crippen LogP contribution in [-0.4, -0.2) is 16.9 Å². The molecule has 116 valence electrons. The predicted octanol–water partition coefficient (Wildman–Crippen LogP) is 3.95. The number of unbranched alkanes of at least 4 members (excludes halogenated alkanes) is 4. The van der Waals surface area contributed by atoms with Gasteiger partial charge in [0.05, 0.1) is 6.08 Å². The normalized spacial score (nSPS) is 7.35. The van der Waals surface area contributed by atoms with Crippen LogP contribution >= 0.6 is 0 Å². The van der Waals surface area contributed by atoms with Crippen LogP contribution in [0.15, 0.2) is 63.7 Å². The zero-order valence-electron chi connectivity index (χ0n) is 13.2. The Labute approximate surface area is 136 Å². The molecule has 0 aliphatic heterocycles. The maximum atomic E-state index is 11.5. The van der Waals surface area contributed by atoms with Gasteiger partial charge in [0.1, 0.15) is 0 Å². The molecule has 0 bridgehead atoms. The predicted molar refractivity (Wildman–Crippen MR) is 86.8 cm³/mol. The smallest absolute Gasteiger partial charge is 0.336 e. The number of hydrogen-bond acceptors (Lipinski definition) is 2. The van der Waals surface area contributed by atoms with Crippen LogP contribution in [0.3, 0.4) is 0 Å². The standard InChI is InChI=1S/C20H18O3/c1-2-3-4-10-13-16-19(21)17-14-11-8-6-5-7-9-12-15-18-20(22)23/h17-18H,2-4,10,13,16H2,1H3,(H,22,23). The summed E-state index contributed by atoms with van der Waals surface area (Å²) in [6, 6.07) is 0. The van der Waals surface area contributed by atoms with E-state index in [0.717, 1.165) is 18.9 Å². The molecule has 0 aliphatic rings. The summed E-state index contributed by atoms with van der Waals surface area (Å²) in [5, 5.41) is 8.27. The molecular formula is C20H18O3. The molecule has 0 aliphatic carbocycles. The number of hydrogen-bond donors (Lipinski definition) is 1. The highest BCUT2D eigenvalue weighted by Crippen LogP contribution is 2.05. The maximum Gasteiger partial charge on any atom is 0.336 e. The van der Waals surface area contributed by atoms with E-state index in [-0.39, 0.29) is 5.78 Å². The van der Waals surface area contributed by atoms with Crippen molar-refractivity contribution < 1.29 is 14.7 Å². The third-order valence-corrected chi connectivity index (χ3v) is 2.47. The minimum absolute atomic E-state index is 0.0218. The number of aliphatic carboxylic acids is 1. The van der Waals surface area contributed by atoms with Gasteiger partial charge in [0, 0.05) is 12.5 Å². The summed E-state index contributed by atoms with van der Waals surface area (Å²) in [6.45, 7) is 2.15. The molecule has 3 nitrogen and oxygen atoms in total. The van der Waals surface area contributed by atoms with Gasteiger partial charge in [0.2, 0.25) is 0 Å². The highest BCUT2D eigenvalue weighted by Gasteiger charge is 1.95. The van der Waals surface area contributed by atoms with Gasteiger partial charge >= 0.3 is 5.97 Å². The molecule has 0 aromatic rings. The average Bonchev–Trinajstić information content (AvgIpc) is 2.52. The lowest BCUT2D eigenvalue weighted by atomic mass is 10.1. The fourth-order valence-corrected chi connectivity index (χ4v) is 1.42. The van der Waals surface area contributed by atoms with Gasteiger partial charge in [-0.2, -0.15) is 0 Å². The molecular weight excluding hydrogens is 288 g/mol. The van der Waals surface area contributed by atoms with Crippen LogP contribution < -0.4 is 0 Å². The number of rotatable bonds is 8. The second-order valence-electron chi connectivity index (χ2n) is 4.42. The van der Waals surface area contributed by atoms with Gasteiger partial charge in [-0.1, -0.05) is 44.1 Å². The Morgan fingerprint density at radius 3 is 1.87 bits per heavy atom. The first kappa shape index (κ1) is 19.9. The Morgan fingerprint density at radius 2 is 1.30 bits per heavy atom. The van der Waals surface area contributed by atoms with E-state index in [4.69, 9.17) is 5.11 Å². The van der Waals surface area contributed by atoms with Crippen molar-refractivity contribution in [1.82, 2.24) is 0 Å². The summed E-state index contributed by atoms with van der Waals surface area (Å²) < 4.78 is 0. The van der Waals surface area contributed by atoms with Crippen molar-refractivity contribution in [2.24, 2.45) is 0 Å². The van der Waals surface area contributed by atoms with Gasteiger partial charge in [0.15, 0.2) is 5.78 Å². The third-order valence-electron chi connectivity index (χ3n) is 2.47. The van der Waals surface area contributed by atoms with Crippen molar-refractivity contribution in [2.45, 2.75) is 45.4 Å². The van der Waals surface area contributed by atoms with Gasteiger partial charge in [0.25, 0.3) is 0 Å². The zero-order valence-corrected chi connectivity index (χ0v) is 13.2. The van der Waals surface area contributed by atoms with Crippen molar-refractivity contribution in [3.05, 3.63) is 63.7 Å². The number of carboxylic acids is 1. The molecule has 0 spiro atoms. The summed E-state index contributed by atoms with van der Waals surface area (Å²) in [5.41, 5.74) is 21.7. The van der Waals surface area contributed by atoms with E-state index in [1.54, 1.807) is 0 Å². The Kier molecular flexibility index (Phi) is 13.2. The minimum Gasteiger partial charge on any atom is -0.478 e. The third kappa shape index (κ3) is 16.8. The molecule has 3 heteroatoms. The van der Waals surface area contributed by atoms with Gasteiger partial charge < -0.3 is 5.11 Å². The largest absolute Gasteiger partial charge is 0.478 e. The van der Waals surface area contributed by atoms with Crippen molar-refractivity contribution >= 4 is 11.8 Å². The fraction of sp³-hybridized carbons (Fsp3) is 0.350. The molecule has 0 aromatic heterocycles. The maximum absolute atomic E-state index is 11.5. The highest BCUT2D eigenvalue weighted by atomic mass is 16.4. The lowest BCUT2D eigenvalue weighted by Crippen LogP contribution is -1.91. The monoisotopic (exact) mass is 306 g/mol. The van der Waals surface area contributed by atoms with Crippen LogP contribution in [0.4, 0.5) is 0 Å². The molecule has 0 fully saturated rings. The van der Waals surface area contributed by atoms with E-state index in [9.17, 15) is 9.59 Å². The summed E-state index contributed by atoms with van der Waals surface area (Å²) in [5.74, 6) is -1.09. The van der Waals surface area contributed by atoms with Crippen LogP contribution in [-0.2, 0) is 9.59 Å². The Balaban J connectivity index is 4.63. The second kappa shape index (κ2) is 15.3. The topological polar surface area (TPSA) is 54.4 Å². The summed E-state index contributed by atoms with van der Waals surface area (Å²) >= 11 is 0.